The van der Waals surface area contributed by atoms with Crippen LogP contribution in [0.4, 0.5) is 4.39 Å². The molecule has 3 aromatic rings. The van der Waals surface area contributed by atoms with Crippen LogP contribution in [0.15, 0.2) is 17.5 Å². The maximum absolute atomic E-state index is 14.3. The van der Waals surface area contributed by atoms with Gasteiger partial charge in [0.15, 0.2) is 0 Å². The quantitative estimate of drug-likeness (QED) is 0.532. The number of benzene rings is 1. The van der Waals surface area contributed by atoms with E-state index in [2.05, 4.69) is 9.97 Å². The summed E-state index contributed by atoms with van der Waals surface area (Å²) in [5, 5.41) is 21.4. The van der Waals surface area contributed by atoms with Gasteiger partial charge >= 0.3 is 5.97 Å². The molecule has 2 aromatic heterocycles. The van der Waals surface area contributed by atoms with Crippen LogP contribution in [0.25, 0.3) is 21.1 Å². The van der Waals surface area contributed by atoms with E-state index in [0.29, 0.717) is 21.4 Å². The van der Waals surface area contributed by atoms with E-state index in [1.165, 1.54) is 11.3 Å². The smallest absolute Gasteiger partial charge is 0.339 e. The summed E-state index contributed by atoms with van der Waals surface area (Å²) in [7, 11) is 0. The Morgan fingerprint density at radius 1 is 1.32 bits per heavy atom. The molecule has 2 heterocycles. The summed E-state index contributed by atoms with van der Waals surface area (Å²) in [6.07, 6.45) is 0. The molecule has 8 nitrogen and oxygen atoms in total. The van der Waals surface area contributed by atoms with E-state index in [-0.39, 0.29) is 18.8 Å². The maximum atomic E-state index is 14.3. The summed E-state index contributed by atoms with van der Waals surface area (Å²) in [6.45, 7) is 1.71. The molecule has 11 heteroatoms. The second kappa shape index (κ2) is 8.00. The van der Waals surface area contributed by atoms with Gasteiger partial charge in [0.05, 0.1) is 22.9 Å². The Kier molecular flexibility index (Phi) is 5.68. The zero-order valence-corrected chi connectivity index (χ0v) is 16.1. The molecule has 0 atom stereocenters. The Morgan fingerprint density at radius 3 is 2.75 bits per heavy atom. The number of nitrogens with two attached hydrogens (primary N) is 1. The van der Waals surface area contributed by atoms with Gasteiger partial charge in [0.2, 0.25) is 5.91 Å². The molecule has 0 bridgehead atoms. The van der Waals surface area contributed by atoms with Crippen LogP contribution in [0.5, 0.6) is 5.75 Å². The zero-order chi connectivity index (χ0) is 20.4. The minimum Gasteiger partial charge on any atom is -0.507 e. The van der Waals surface area contributed by atoms with Crippen LogP contribution in [0.3, 0.4) is 0 Å². The van der Waals surface area contributed by atoms with Crippen molar-refractivity contribution >= 4 is 34.6 Å². The van der Waals surface area contributed by atoms with Crippen molar-refractivity contribution in [3.8, 4) is 26.9 Å². The number of carboxylic acids is 1. The minimum atomic E-state index is -1.42. The van der Waals surface area contributed by atoms with Crippen molar-refractivity contribution in [1.82, 2.24) is 9.97 Å². The first-order chi connectivity index (χ1) is 13.3. The highest BCUT2D eigenvalue weighted by Crippen LogP contribution is 2.36. The van der Waals surface area contributed by atoms with E-state index in [9.17, 15) is 19.1 Å². The first-order valence-corrected chi connectivity index (χ1v) is 9.50. The van der Waals surface area contributed by atoms with Crippen molar-refractivity contribution < 1.29 is 28.9 Å². The molecular weight excluding hydrogens is 409 g/mol. The number of thiazole rings is 2. The third-order valence-electron chi connectivity index (χ3n) is 3.59. The molecule has 0 radical (unpaired) electrons. The van der Waals surface area contributed by atoms with Gasteiger partial charge in [-0.1, -0.05) is 0 Å². The van der Waals surface area contributed by atoms with E-state index in [4.69, 9.17) is 15.6 Å². The van der Waals surface area contributed by atoms with Crippen LogP contribution in [0.2, 0.25) is 0 Å². The Balaban J connectivity index is 1.87. The second-order valence-electron chi connectivity index (χ2n) is 5.67. The van der Waals surface area contributed by atoms with Gasteiger partial charge in [0.25, 0.3) is 0 Å². The molecule has 28 heavy (non-hydrogen) atoms. The van der Waals surface area contributed by atoms with Gasteiger partial charge in [-0.25, -0.2) is 19.2 Å². The third-order valence-corrected chi connectivity index (χ3v) is 5.62. The number of carbonyl (C=O) groups is 2. The first kappa shape index (κ1) is 19.9. The van der Waals surface area contributed by atoms with Gasteiger partial charge in [0.1, 0.15) is 33.8 Å². The third kappa shape index (κ3) is 4.16. The van der Waals surface area contributed by atoms with Crippen molar-refractivity contribution in [2.75, 3.05) is 6.61 Å². The summed E-state index contributed by atoms with van der Waals surface area (Å²) in [5.74, 6) is -3.33. The maximum Gasteiger partial charge on any atom is 0.339 e. The van der Waals surface area contributed by atoms with Crippen LogP contribution in [-0.4, -0.2) is 38.7 Å². The Labute approximate surface area is 166 Å². The fourth-order valence-corrected chi connectivity index (χ4v) is 4.26. The number of aryl methyl sites for hydroxylation is 1. The number of carbonyl (C=O) groups excluding carboxylic acids is 1. The van der Waals surface area contributed by atoms with Crippen LogP contribution in [0.1, 0.15) is 21.1 Å². The monoisotopic (exact) mass is 423 g/mol. The van der Waals surface area contributed by atoms with Gasteiger partial charge < -0.3 is 20.7 Å². The zero-order valence-electron chi connectivity index (χ0n) is 14.4. The highest BCUT2D eigenvalue weighted by molar-refractivity contribution is 7.16. The minimum absolute atomic E-state index is 0.00549. The number of aromatic carboxylic acids is 1. The van der Waals surface area contributed by atoms with Crippen molar-refractivity contribution in [3.63, 3.8) is 0 Å². The van der Waals surface area contributed by atoms with Crippen LogP contribution in [-0.2, 0) is 16.1 Å². The molecule has 0 spiro atoms. The molecule has 0 aliphatic rings. The average Bonchev–Trinajstić information content (AvgIpc) is 3.22. The van der Waals surface area contributed by atoms with Gasteiger partial charge in [-0.3, -0.25) is 4.79 Å². The van der Waals surface area contributed by atoms with Crippen LogP contribution < -0.4 is 5.73 Å². The molecule has 0 aliphatic heterocycles. The first-order valence-electron chi connectivity index (χ1n) is 7.80. The van der Waals surface area contributed by atoms with Crippen molar-refractivity contribution in [3.05, 3.63) is 39.6 Å². The largest absolute Gasteiger partial charge is 0.507 e. The lowest BCUT2D eigenvalue weighted by Gasteiger charge is -2.04. The molecule has 0 aliphatic carbocycles. The second-order valence-corrected chi connectivity index (χ2v) is 7.62. The van der Waals surface area contributed by atoms with Gasteiger partial charge in [-0.15, -0.1) is 22.7 Å². The number of halogens is 1. The van der Waals surface area contributed by atoms with E-state index in [0.717, 1.165) is 28.3 Å². The number of hydrogen-bond donors (Lipinski definition) is 3. The highest BCUT2D eigenvalue weighted by atomic mass is 32.1. The lowest BCUT2D eigenvalue weighted by atomic mass is 10.1. The molecule has 0 saturated carbocycles. The van der Waals surface area contributed by atoms with Gasteiger partial charge in [0, 0.05) is 10.9 Å². The predicted molar refractivity (Wildman–Crippen MR) is 101 cm³/mol. The summed E-state index contributed by atoms with van der Waals surface area (Å²) in [4.78, 5) is 31.2. The number of phenols is 1. The molecule has 1 aromatic carbocycles. The SMILES string of the molecule is Cc1nc(COCC(N)=O)sc1-c1csc(-c2cc(O)c(C(=O)O)cc2F)n1. The number of rotatable bonds is 7. The number of ether oxygens (including phenoxy) is 1. The molecule has 0 saturated heterocycles. The van der Waals surface area contributed by atoms with E-state index in [1.807, 2.05) is 0 Å². The number of hydrogen-bond acceptors (Lipinski definition) is 8. The molecule has 3 rings (SSSR count). The molecule has 4 N–H and O–H groups in total. The fraction of sp³-hybridized carbons (Fsp3) is 0.176. The number of carboxylic acid groups (broad SMARTS) is 1. The van der Waals surface area contributed by atoms with E-state index < -0.39 is 29.0 Å². The van der Waals surface area contributed by atoms with Crippen molar-refractivity contribution in [1.29, 1.82) is 0 Å². The fourth-order valence-electron chi connectivity index (χ4n) is 2.39. The predicted octanol–water partition coefficient (Wildman–Crippen LogP) is 2.79. The van der Waals surface area contributed by atoms with Crippen molar-refractivity contribution in [2.45, 2.75) is 13.5 Å². The normalized spacial score (nSPS) is 10.9. The van der Waals surface area contributed by atoms with Gasteiger partial charge in [-0.05, 0) is 19.1 Å². The number of aromatic hydroxyl groups is 1. The molecule has 0 unspecified atom stereocenters. The van der Waals surface area contributed by atoms with Gasteiger partial charge in [-0.2, -0.15) is 0 Å². The Bertz CT molecular complexity index is 1060. The topological polar surface area (TPSA) is 136 Å². The summed E-state index contributed by atoms with van der Waals surface area (Å²) >= 11 is 2.47. The standard InChI is InChI=1S/C17H14FN3O5S2/c1-7-15(28-14(20-7)5-26-4-13(19)23)11-6-27-16(21-11)8-3-12(22)9(17(24)25)2-10(8)18/h2-3,6,22H,4-5H2,1H3,(H2,19,23)(H,24,25). The van der Waals surface area contributed by atoms with E-state index in [1.54, 1.807) is 12.3 Å². The molecular formula is C17H14FN3O5S2. The van der Waals surface area contributed by atoms with Crippen molar-refractivity contribution in [2.24, 2.45) is 5.73 Å². The van der Waals surface area contributed by atoms with Crippen LogP contribution >= 0.6 is 22.7 Å². The lowest BCUT2D eigenvalue weighted by Crippen LogP contribution is -2.17. The highest BCUT2D eigenvalue weighted by Gasteiger charge is 2.19. The number of amides is 1. The number of primary amides is 1. The molecule has 146 valence electrons. The molecule has 0 fully saturated rings. The Hall–Kier alpha value is -2.89. The average molecular weight is 423 g/mol. The summed E-state index contributed by atoms with van der Waals surface area (Å²) < 4.78 is 19.5. The summed E-state index contributed by atoms with van der Waals surface area (Å²) in [6, 6.07) is 1.81. The summed E-state index contributed by atoms with van der Waals surface area (Å²) in [5.41, 5.74) is 5.77. The number of aromatic nitrogens is 2. The Morgan fingerprint density at radius 2 is 2.07 bits per heavy atom. The van der Waals surface area contributed by atoms with Crippen LogP contribution in [0, 0.1) is 12.7 Å². The molecule has 1 amide bonds. The lowest BCUT2D eigenvalue weighted by molar-refractivity contribution is -0.122. The van der Waals surface area contributed by atoms with E-state index >= 15 is 0 Å². The number of nitrogens with zero attached hydrogens (tertiary/aromatic N) is 2.